The van der Waals surface area contributed by atoms with Gasteiger partial charge in [-0.3, -0.25) is 0 Å². The van der Waals surface area contributed by atoms with Gasteiger partial charge in [-0.2, -0.15) is 0 Å². The van der Waals surface area contributed by atoms with E-state index in [0.717, 1.165) is 16.7 Å². The molecule has 2 atom stereocenters. The average molecular weight is 247 g/mol. The monoisotopic (exact) mass is 247 g/mol. The highest BCUT2D eigenvalue weighted by Gasteiger charge is 2.22. The van der Waals surface area contributed by atoms with Crippen LogP contribution < -0.4 is 11.5 Å². The van der Waals surface area contributed by atoms with Crippen molar-refractivity contribution in [2.24, 2.45) is 23.3 Å². The van der Waals surface area contributed by atoms with Crippen LogP contribution in [0.15, 0.2) is 22.6 Å². The molecule has 1 aromatic carbocycles. The Hall–Kier alpha value is -1.39. The third-order valence-corrected chi connectivity index (χ3v) is 3.49. The van der Waals surface area contributed by atoms with Gasteiger partial charge in [0.1, 0.15) is 5.52 Å². The molecule has 4 heteroatoms. The zero-order valence-electron chi connectivity index (χ0n) is 11.2. The van der Waals surface area contributed by atoms with Crippen molar-refractivity contribution < 1.29 is 4.42 Å². The quantitative estimate of drug-likeness (QED) is 0.869. The maximum absolute atomic E-state index is 6.31. The topological polar surface area (TPSA) is 78.1 Å². The summed E-state index contributed by atoms with van der Waals surface area (Å²) < 4.78 is 5.53. The lowest BCUT2D eigenvalue weighted by atomic mass is 9.85. The lowest BCUT2D eigenvalue weighted by Crippen LogP contribution is -2.31. The van der Waals surface area contributed by atoms with Crippen LogP contribution in [0.1, 0.15) is 31.3 Å². The predicted molar refractivity (Wildman–Crippen MR) is 73.1 cm³/mol. The Morgan fingerprint density at radius 1 is 1.33 bits per heavy atom. The van der Waals surface area contributed by atoms with E-state index in [-0.39, 0.29) is 12.0 Å². The maximum atomic E-state index is 6.31. The summed E-state index contributed by atoms with van der Waals surface area (Å²) in [5.74, 6) is 1.40. The van der Waals surface area contributed by atoms with Crippen molar-refractivity contribution in [3.63, 3.8) is 0 Å². The predicted octanol–water partition coefficient (Wildman–Crippen LogP) is 2.37. The van der Waals surface area contributed by atoms with Crippen LogP contribution in [0.25, 0.3) is 11.1 Å². The van der Waals surface area contributed by atoms with Gasteiger partial charge in [0.2, 0.25) is 0 Å². The van der Waals surface area contributed by atoms with Crippen LogP contribution in [0.2, 0.25) is 0 Å². The summed E-state index contributed by atoms with van der Waals surface area (Å²) in [5, 5.41) is 0. The van der Waals surface area contributed by atoms with Crippen molar-refractivity contribution in [3.8, 4) is 0 Å². The zero-order chi connectivity index (χ0) is 13.3. The molecule has 0 radical (unpaired) electrons. The minimum Gasteiger partial charge on any atom is -0.441 e. The van der Waals surface area contributed by atoms with E-state index in [1.807, 2.05) is 25.1 Å². The number of nitrogens with zero attached hydrogens (tertiary/aromatic N) is 1. The van der Waals surface area contributed by atoms with Crippen LogP contribution in [-0.4, -0.2) is 11.5 Å². The number of hydrogen-bond donors (Lipinski definition) is 2. The van der Waals surface area contributed by atoms with Crippen molar-refractivity contribution in [3.05, 3.63) is 29.7 Å². The van der Waals surface area contributed by atoms with Crippen molar-refractivity contribution in [2.75, 3.05) is 6.54 Å². The molecule has 0 amide bonds. The molecule has 0 bridgehead atoms. The summed E-state index contributed by atoms with van der Waals surface area (Å²) in [4.78, 5) is 4.28. The number of oxazole rings is 1. The summed E-state index contributed by atoms with van der Waals surface area (Å²) in [5.41, 5.74) is 14.8. The van der Waals surface area contributed by atoms with Gasteiger partial charge in [-0.1, -0.05) is 19.9 Å². The number of aromatic nitrogens is 1. The number of fused-ring (bicyclic) bond motifs is 1. The van der Waals surface area contributed by atoms with E-state index >= 15 is 0 Å². The second-order valence-electron chi connectivity index (χ2n) is 5.13. The zero-order valence-corrected chi connectivity index (χ0v) is 11.2. The van der Waals surface area contributed by atoms with Crippen molar-refractivity contribution in [1.82, 2.24) is 4.98 Å². The average Bonchev–Trinajstić information content (AvgIpc) is 2.68. The van der Waals surface area contributed by atoms with Crippen molar-refractivity contribution in [1.29, 1.82) is 0 Å². The molecule has 98 valence electrons. The molecule has 0 fully saturated rings. The van der Waals surface area contributed by atoms with Gasteiger partial charge < -0.3 is 15.9 Å². The van der Waals surface area contributed by atoms with E-state index in [4.69, 9.17) is 15.9 Å². The molecule has 2 aromatic rings. The third-order valence-electron chi connectivity index (χ3n) is 3.49. The standard InChI is InChI=1S/C14H21N3O/c1-8(2)11(7-15)14(16)10-4-5-12-13(6-10)18-9(3)17-12/h4-6,8,11,14H,7,15-16H2,1-3H3. The van der Waals surface area contributed by atoms with E-state index < -0.39 is 0 Å². The molecule has 0 aliphatic rings. The molecule has 2 unspecified atom stereocenters. The van der Waals surface area contributed by atoms with E-state index in [1.54, 1.807) is 0 Å². The normalized spacial score (nSPS) is 15.2. The molecule has 0 saturated heterocycles. The number of rotatable bonds is 4. The summed E-state index contributed by atoms with van der Waals surface area (Å²) in [6.45, 7) is 6.73. The van der Waals surface area contributed by atoms with Crippen LogP contribution >= 0.6 is 0 Å². The Morgan fingerprint density at radius 2 is 2.06 bits per heavy atom. The molecule has 18 heavy (non-hydrogen) atoms. The minimum absolute atomic E-state index is 0.0650. The van der Waals surface area contributed by atoms with Gasteiger partial charge in [0.25, 0.3) is 0 Å². The molecular formula is C14H21N3O. The Kier molecular flexibility index (Phi) is 3.68. The molecule has 1 aromatic heterocycles. The number of nitrogens with two attached hydrogens (primary N) is 2. The summed E-state index contributed by atoms with van der Waals surface area (Å²) in [6.07, 6.45) is 0. The highest BCUT2D eigenvalue weighted by molar-refractivity contribution is 5.73. The van der Waals surface area contributed by atoms with Crippen LogP contribution in [0, 0.1) is 18.8 Å². The first-order chi connectivity index (χ1) is 8.52. The van der Waals surface area contributed by atoms with Crippen molar-refractivity contribution in [2.45, 2.75) is 26.8 Å². The molecule has 0 spiro atoms. The molecule has 2 rings (SSSR count). The Balaban J connectivity index is 2.34. The van der Waals surface area contributed by atoms with Gasteiger partial charge >= 0.3 is 0 Å². The minimum atomic E-state index is -0.0650. The molecule has 4 N–H and O–H groups in total. The first-order valence-corrected chi connectivity index (χ1v) is 6.35. The fraction of sp³-hybridized carbons (Fsp3) is 0.500. The van der Waals surface area contributed by atoms with Gasteiger partial charge in [-0.25, -0.2) is 4.98 Å². The first-order valence-electron chi connectivity index (χ1n) is 6.35. The number of benzene rings is 1. The fourth-order valence-corrected chi connectivity index (χ4v) is 2.34. The van der Waals surface area contributed by atoms with E-state index in [2.05, 4.69) is 18.8 Å². The van der Waals surface area contributed by atoms with Crippen molar-refractivity contribution >= 4 is 11.1 Å². The summed E-state index contributed by atoms with van der Waals surface area (Å²) in [6, 6.07) is 5.88. The van der Waals surface area contributed by atoms with Gasteiger partial charge in [0, 0.05) is 13.0 Å². The van der Waals surface area contributed by atoms with Gasteiger partial charge in [0.05, 0.1) is 0 Å². The highest BCUT2D eigenvalue weighted by atomic mass is 16.3. The Labute approximate surface area is 107 Å². The van der Waals surface area contributed by atoms with Crippen LogP contribution in [0.4, 0.5) is 0 Å². The number of hydrogen-bond acceptors (Lipinski definition) is 4. The smallest absolute Gasteiger partial charge is 0.192 e. The van der Waals surface area contributed by atoms with Crippen LogP contribution in [-0.2, 0) is 0 Å². The molecule has 0 saturated carbocycles. The first kappa shape index (κ1) is 13.1. The molecule has 0 aliphatic carbocycles. The summed E-state index contributed by atoms with van der Waals surface area (Å²) >= 11 is 0. The fourth-order valence-electron chi connectivity index (χ4n) is 2.34. The van der Waals surface area contributed by atoms with E-state index in [0.29, 0.717) is 18.4 Å². The second kappa shape index (κ2) is 5.08. The van der Waals surface area contributed by atoms with E-state index in [1.165, 1.54) is 0 Å². The molecule has 4 nitrogen and oxygen atoms in total. The molecular weight excluding hydrogens is 226 g/mol. The van der Waals surface area contributed by atoms with Crippen LogP contribution in [0.5, 0.6) is 0 Å². The largest absolute Gasteiger partial charge is 0.441 e. The lowest BCUT2D eigenvalue weighted by Gasteiger charge is -2.26. The van der Waals surface area contributed by atoms with E-state index in [9.17, 15) is 0 Å². The molecule has 1 heterocycles. The van der Waals surface area contributed by atoms with Gasteiger partial charge in [-0.15, -0.1) is 0 Å². The maximum Gasteiger partial charge on any atom is 0.192 e. The Morgan fingerprint density at radius 3 is 2.67 bits per heavy atom. The summed E-state index contributed by atoms with van der Waals surface area (Å²) in [7, 11) is 0. The molecule has 0 aliphatic heterocycles. The van der Waals surface area contributed by atoms with Crippen LogP contribution in [0.3, 0.4) is 0 Å². The Bertz CT molecular complexity index is 533. The second-order valence-corrected chi connectivity index (χ2v) is 5.13. The van der Waals surface area contributed by atoms with Gasteiger partial charge in [0.15, 0.2) is 11.5 Å². The SMILES string of the molecule is Cc1nc2ccc(C(N)C(CN)C(C)C)cc2o1. The third kappa shape index (κ3) is 2.40. The van der Waals surface area contributed by atoms with Gasteiger partial charge in [-0.05, 0) is 36.1 Å². The highest BCUT2D eigenvalue weighted by Crippen LogP contribution is 2.27. The number of aryl methyl sites for hydroxylation is 1. The lowest BCUT2D eigenvalue weighted by molar-refractivity contribution is 0.331.